The second kappa shape index (κ2) is 3.44. The molecule has 0 aliphatic heterocycles. The number of aromatic nitrogens is 2. The third-order valence-electron chi connectivity index (χ3n) is 1.63. The average Bonchev–Trinajstić information content (AvgIpc) is 2.30. The molecule has 0 aliphatic carbocycles. The monoisotopic (exact) mass is 170 g/mol. The van der Waals surface area contributed by atoms with E-state index in [2.05, 4.69) is 5.10 Å². The molecule has 1 aromatic rings. The van der Waals surface area contributed by atoms with E-state index in [-0.39, 0.29) is 6.61 Å². The lowest BCUT2D eigenvalue weighted by molar-refractivity contribution is 0.304. The van der Waals surface area contributed by atoms with E-state index in [0.29, 0.717) is 18.1 Å². The highest BCUT2D eigenvalue weighted by molar-refractivity contribution is 5.61. The predicted molar refractivity (Wildman–Crippen MR) is 48.0 cm³/mol. The number of aliphatic hydroxyl groups is 1. The fourth-order valence-electron chi connectivity index (χ4n) is 1.05. The van der Waals surface area contributed by atoms with Crippen molar-refractivity contribution in [2.75, 3.05) is 30.8 Å². The maximum atomic E-state index is 8.68. The van der Waals surface area contributed by atoms with E-state index in [1.165, 1.54) is 0 Å². The Balaban J connectivity index is 2.79. The van der Waals surface area contributed by atoms with Crippen LogP contribution in [0.3, 0.4) is 0 Å². The molecule has 0 unspecified atom stereocenters. The number of nitrogens with zero attached hydrogens (tertiary/aromatic N) is 3. The van der Waals surface area contributed by atoms with E-state index in [1.807, 2.05) is 19.0 Å². The SMILES string of the molecule is CN(CCO)c1nn(C)cc1N. The van der Waals surface area contributed by atoms with Gasteiger partial charge in [0, 0.05) is 26.8 Å². The van der Waals surface area contributed by atoms with Gasteiger partial charge in [0.1, 0.15) is 0 Å². The van der Waals surface area contributed by atoms with E-state index < -0.39 is 0 Å². The van der Waals surface area contributed by atoms with Gasteiger partial charge in [0.05, 0.1) is 12.3 Å². The molecule has 0 amide bonds. The first-order valence-electron chi connectivity index (χ1n) is 3.76. The second-order valence-electron chi connectivity index (χ2n) is 2.73. The Hall–Kier alpha value is -1.23. The zero-order valence-corrected chi connectivity index (χ0v) is 7.36. The summed E-state index contributed by atoms with van der Waals surface area (Å²) in [5.41, 5.74) is 6.30. The first-order valence-corrected chi connectivity index (χ1v) is 3.76. The highest BCUT2D eigenvalue weighted by Crippen LogP contribution is 2.17. The Morgan fingerprint density at radius 3 is 2.83 bits per heavy atom. The van der Waals surface area contributed by atoms with Gasteiger partial charge in [-0.3, -0.25) is 4.68 Å². The molecular formula is C7H14N4O. The first-order chi connectivity index (χ1) is 5.65. The van der Waals surface area contributed by atoms with E-state index in [0.717, 1.165) is 0 Å². The van der Waals surface area contributed by atoms with Gasteiger partial charge in [-0.1, -0.05) is 0 Å². The van der Waals surface area contributed by atoms with Crippen LogP contribution >= 0.6 is 0 Å². The van der Waals surface area contributed by atoms with Gasteiger partial charge in [0.2, 0.25) is 0 Å². The lowest BCUT2D eigenvalue weighted by Gasteiger charge is -2.14. The maximum absolute atomic E-state index is 8.68. The number of aliphatic hydroxyl groups excluding tert-OH is 1. The molecular weight excluding hydrogens is 156 g/mol. The van der Waals surface area contributed by atoms with Crippen molar-refractivity contribution in [3.05, 3.63) is 6.20 Å². The number of rotatable bonds is 3. The number of aryl methyl sites for hydroxylation is 1. The highest BCUT2D eigenvalue weighted by atomic mass is 16.3. The third kappa shape index (κ3) is 1.68. The van der Waals surface area contributed by atoms with Crippen LogP contribution in [0.25, 0.3) is 0 Å². The molecule has 0 bridgehead atoms. The first kappa shape index (κ1) is 8.86. The summed E-state index contributed by atoms with van der Waals surface area (Å²) in [5, 5.41) is 12.8. The number of hydrogen-bond acceptors (Lipinski definition) is 4. The summed E-state index contributed by atoms with van der Waals surface area (Å²) in [6, 6.07) is 0. The number of nitrogens with two attached hydrogens (primary N) is 1. The molecule has 0 aliphatic rings. The van der Waals surface area contributed by atoms with E-state index >= 15 is 0 Å². The lowest BCUT2D eigenvalue weighted by atomic mass is 10.4. The minimum Gasteiger partial charge on any atom is -0.395 e. The van der Waals surface area contributed by atoms with E-state index in [1.54, 1.807) is 10.9 Å². The van der Waals surface area contributed by atoms with Gasteiger partial charge < -0.3 is 15.7 Å². The minimum absolute atomic E-state index is 0.104. The lowest BCUT2D eigenvalue weighted by Crippen LogP contribution is -2.22. The van der Waals surface area contributed by atoms with Crippen LogP contribution in [0.5, 0.6) is 0 Å². The van der Waals surface area contributed by atoms with Crippen LogP contribution in [0.4, 0.5) is 11.5 Å². The molecule has 12 heavy (non-hydrogen) atoms. The molecule has 1 aromatic heterocycles. The van der Waals surface area contributed by atoms with Gasteiger partial charge in [-0.25, -0.2) is 0 Å². The minimum atomic E-state index is 0.104. The normalized spacial score (nSPS) is 10.2. The Morgan fingerprint density at radius 2 is 2.42 bits per heavy atom. The van der Waals surface area contributed by atoms with Gasteiger partial charge in [0.15, 0.2) is 5.82 Å². The predicted octanol–water partition coefficient (Wildman–Crippen LogP) is -0.569. The van der Waals surface area contributed by atoms with Gasteiger partial charge >= 0.3 is 0 Å². The van der Waals surface area contributed by atoms with E-state index in [9.17, 15) is 0 Å². The molecule has 5 nitrogen and oxygen atoms in total. The van der Waals surface area contributed by atoms with Crippen molar-refractivity contribution in [1.29, 1.82) is 0 Å². The topological polar surface area (TPSA) is 67.3 Å². The molecule has 68 valence electrons. The Bertz CT molecular complexity index is 258. The molecule has 5 heteroatoms. The summed E-state index contributed by atoms with van der Waals surface area (Å²) in [6.07, 6.45) is 1.74. The number of anilines is 2. The average molecular weight is 170 g/mol. The fourth-order valence-corrected chi connectivity index (χ4v) is 1.05. The van der Waals surface area contributed by atoms with E-state index in [4.69, 9.17) is 10.8 Å². The van der Waals surface area contributed by atoms with Crippen LogP contribution in [0, 0.1) is 0 Å². The molecule has 0 saturated heterocycles. The van der Waals surface area contributed by atoms with Crippen molar-refractivity contribution in [3.63, 3.8) is 0 Å². The molecule has 0 fully saturated rings. The van der Waals surface area contributed by atoms with Crippen LogP contribution < -0.4 is 10.6 Å². The zero-order chi connectivity index (χ0) is 9.14. The summed E-state index contributed by atoms with van der Waals surface area (Å²) >= 11 is 0. The smallest absolute Gasteiger partial charge is 0.173 e. The second-order valence-corrected chi connectivity index (χ2v) is 2.73. The largest absolute Gasteiger partial charge is 0.395 e. The maximum Gasteiger partial charge on any atom is 0.173 e. The van der Waals surface area contributed by atoms with Gasteiger partial charge in [-0.05, 0) is 0 Å². The Morgan fingerprint density at radius 1 is 1.75 bits per heavy atom. The highest BCUT2D eigenvalue weighted by Gasteiger charge is 2.07. The van der Waals surface area contributed by atoms with Crippen molar-refractivity contribution in [1.82, 2.24) is 9.78 Å². The molecule has 0 spiro atoms. The third-order valence-corrected chi connectivity index (χ3v) is 1.63. The molecule has 0 atom stereocenters. The summed E-state index contributed by atoms with van der Waals surface area (Å²) in [4.78, 5) is 1.81. The quantitative estimate of drug-likeness (QED) is 0.637. The van der Waals surface area contributed by atoms with Crippen LogP contribution in [0.15, 0.2) is 6.20 Å². The molecule has 1 rings (SSSR count). The standard InChI is InChI=1S/C7H14N4O/c1-10(3-4-12)7-6(8)5-11(2)9-7/h5,12H,3-4,8H2,1-2H3. The van der Waals surface area contributed by atoms with Crippen molar-refractivity contribution in [2.24, 2.45) is 7.05 Å². The van der Waals surface area contributed by atoms with Crippen molar-refractivity contribution in [2.45, 2.75) is 0 Å². The zero-order valence-electron chi connectivity index (χ0n) is 7.36. The molecule has 0 saturated carbocycles. The number of likely N-dealkylation sites (N-methyl/N-ethyl adjacent to an activating group) is 1. The van der Waals surface area contributed by atoms with Crippen LogP contribution in [0.1, 0.15) is 0 Å². The summed E-state index contributed by atoms with van der Waals surface area (Å²) in [6.45, 7) is 0.647. The van der Waals surface area contributed by atoms with Crippen molar-refractivity contribution >= 4 is 11.5 Å². The summed E-state index contributed by atoms with van der Waals surface area (Å²) in [7, 11) is 3.65. The Labute approximate surface area is 71.4 Å². The number of hydrogen-bond donors (Lipinski definition) is 2. The number of nitrogen functional groups attached to an aromatic ring is 1. The molecule has 0 radical (unpaired) electrons. The van der Waals surface area contributed by atoms with Gasteiger partial charge in [0.25, 0.3) is 0 Å². The molecule has 0 aromatic carbocycles. The summed E-state index contributed by atoms with van der Waals surface area (Å²) in [5.74, 6) is 0.714. The van der Waals surface area contributed by atoms with Gasteiger partial charge in [-0.2, -0.15) is 5.10 Å². The van der Waals surface area contributed by atoms with Crippen molar-refractivity contribution < 1.29 is 5.11 Å². The Kier molecular flexibility index (Phi) is 2.54. The summed E-state index contributed by atoms with van der Waals surface area (Å²) < 4.78 is 1.65. The van der Waals surface area contributed by atoms with Crippen LogP contribution in [-0.2, 0) is 7.05 Å². The van der Waals surface area contributed by atoms with Crippen LogP contribution in [-0.4, -0.2) is 35.1 Å². The van der Waals surface area contributed by atoms with Gasteiger partial charge in [-0.15, -0.1) is 0 Å². The fraction of sp³-hybridized carbons (Fsp3) is 0.571. The van der Waals surface area contributed by atoms with Crippen molar-refractivity contribution in [3.8, 4) is 0 Å². The molecule has 3 N–H and O–H groups in total. The van der Waals surface area contributed by atoms with Crippen LogP contribution in [0.2, 0.25) is 0 Å². The molecule has 1 heterocycles.